The van der Waals surface area contributed by atoms with Gasteiger partial charge in [-0.3, -0.25) is 4.79 Å². The Morgan fingerprint density at radius 3 is 3.10 bits per heavy atom. The molecule has 2 rings (SSSR count). The summed E-state index contributed by atoms with van der Waals surface area (Å²) >= 11 is 0. The van der Waals surface area contributed by atoms with Crippen LogP contribution in [-0.4, -0.2) is 45.4 Å². The van der Waals surface area contributed by atoms with Crippen LogP contribution in [0.15, 0.2) is 24.3 Å². The molecule has 0 radical (unpaired) electrons. The SMILES string of the molecule is COCCc1ccccc1NC(=O)CC1CNCCO1. The standard InChI is InChI=1S/C15H22N2O3/c1-19-8-6-12-4-2-3-5-14(12)17-15(18)10-13-11-16-7-9-20-13/h2-5,13,16H,6-11H2,1H3,(H,17,18). The Morgan fingerprint density at radius 2 is 2.35 bits per heavy atom. The molecule has 0 saturated carbocycles. The predicted octanol–water partition coefficient (Wildman–Crippen LogP) is 1.19. The third kappa shape index (κ3) is 4.59. The minimum Gasteiger partial charge on any atom is -0.384 e. The molecular formula is C15H22N2O3. The summed E-state index contributed by atoms with van der Waals surface area (Å²) in [4.78, 5) is 12.1. The molecule has 0 aliphatic carbocycles. The van der Waals surface area contributed by atoms with E-state index in [2.05, 4.69) is 10.6 Å². The molecule has 0 bridgehead atoms. The van der Waals surface area contributed by atoms with Crippen molar-refractivity contribution in [2.24, 2.45) is 0 Å². The molecular weight excluding hydrogens is 256 g/mol. The fourth-order valence-electron chi connectivity index (χ4n) is 2.23. The van der Waals surface area contributed by atoms with E-state index in [1.165, 1.54) is 0 Å². The van der Waals surface area contributed by atoms with E-state index in [0.29, 0.717) is 19.6 Å². The second kappa shape index (κ2) is 7.99. The lowest BCUT2D eigenvalue weighted by molar-refractivity contribution is -0.119. The third-order valence-electron chi connectivity index (χ3n) is 3.28. The molecule has 1 saturated heterocycles. The summed E-state index contributed by atoms with van der Waals surface area (Å²) in [6.45, 7) is 2.90. The van der Waals surface area contributed by atoms with E-state index in [1.54, 1.807) is 7.11 Å². The average molecular weight is 278 g/mol. The zero-order valence-electron chi connectivity index (χ0n) is 11.9. The summed E-state index contributed by atoms with van der Waals surface area (Å²) in [5.41, 5.74) is 1.95. The van der Waals surface area contributed by atoms with Crippen molar-refractivity contribution in [1.82, 2.24) is 5.32 Å². The van der Waals surface area contributed by atoms with Crippen LogP contribution in [0.2, 0.25) is 0 Å². The first-order chi connectivity index (χ1) is 9.79. The molecule has 1 fully saturated rings. The first-order valence-electron chi connectivity index (χ1n) is 6.98. The molecule has 20 heavy (non-hydrogen) atoms. The van der Waals surface area contributed by atoms with Gasteiger partial charge in [-0.05, 0) is 18.1 Å². The number of ether oxygens (including phenoxy) is 2. The van der Waals surface area contributed by atoms with Crippen molar-refractivity contribution in [2.45, 2.75) is 18.9 Å². The number of nitrogens with one attached hydrogen (secondary N) is 2. The number of benzene rings is 1. The maximum atomic E-state index is 12.1. The van der Waals surface area contributed by atoms with Gasteiger partial charge in [-0.15, -0.1) is 0 Å². The van der Waals surface area contributed by atoms with Gasteiger partial charge in [0.2, 0.25) is 5.91 Å². The van der Waals surface area contributed by atoms with Crippen LogP contribution in [0, 0.1) is 0 Å². The number of rotatable bonds is 6. The van der Waals surface area contributed by atoms with Gasteiger partial charge in [0.1, 0.15) is 0 Å². The van der Waals surface area contributed by atoms with Gasteiger partial charge in [-0.1, -0.05) is 18.2 Å². The maximum Gasteiger partial charge on any atom is 0.227 e. The van der Waals surface area contributed by atoms with Crippen molar-refractivity contribution in [2.75, 3.05) is 38.7 Å². The molecule has 5 heteroatoms. The van der Waals surface area contributed by atoms with Gasteiger partial charge >= 0.3 is 0 Å². The number of methoxy groups -OCH3 is 1. The van der Waals surface area contributed by atoms with E-state index in [0.717, 1.165) is 30.8 Å². The summed E-state index contributed by atoms with van der Waals surface area (Å²) in [5.74, 6) is -0.0106. The topological polar surface area (TPSA) is 59.6 Å². The smallest absolute Gasteiger partial charge is 0.227 e. The van der Waals surface area contributed by atoms with Gasteiger partial charge in [-0.25, -0.2) is 0 Å². The fourth-order valence-corrected chi connectivity index (χ4v) is 2.23. The Morgan fingerprint density at radius 1 is 1.50 bits per heavy atom. The highest BCUT2D eigenvalue weighted by Gasteiger charge is 2.17. The van der Waals surface area contributed by atoms with E-state index in [1.807, 2.05) is 24.3 Å². The lowest BCUT2D eigenvalue weighted by Gasteiger charge is -2.23. The Balaban J connectivity index is 1.89. The van der Waals surface area contributed by atoms with Crippen LogP contribution in [-0.2, 0) is 20.7 Å². The minimum atomic E-state index is -0.0325. The largest absolute Gasteiger partial charge is 0.384 e. The fraction of sp³-hybridized carbons (Fsp3) is 0.533. The highest BCUT2D eigenvalue weighted by Crippen LogP contribution is 2.16. The summed E-state index contributed by atoms with van der Waals surface area (Å²) < 4.78 is 10.6. The highest BCUT2D eigenvalue weighted by molar-refractivity contribution is 5.91. The van der Waals surface area contributed by atoms with Crippen molar-refractivity contribution in [3.63, 3.8) is 0 Å². The monoisotopic (exact) mass is 278 g/mol. The predicted molar refractivity (Wildman–Crippen MR) is 77.9 cm³/mol. The van der Waals surface area contributed by atoms with E-state index < -0.39 is 0 Å². The zero-order chi connectivity index (χ0) is 14.2. The number of para-hydroxylation sites is 1. The van der Waals surface area contributed by atoms with Crippen LogP contribution >= 0.6 is 0 Å². The Hall–Kier alpha value is -1.43. The molecule has 1 aromatic carbocycles. The third-order valence-corrected chi connectivity index (χ3v) is 3.28. The molecule has 0 aromatic heterocycles. The first-order valence-corrected chi connectivity index (χ1v) is 6.98. The summed E-state index contributed by atoms with van der Waals surface area (Å²) in [6.07, 6.45) is 1.13. The zero-order valence-corrected chi connectivity index (χ0v) is 11.9. The Kier molecular flexibility index (Phi) is 5.98. The number of carbonyl (C=O) groups excluding carboxylic acids is 1. The molecule has 2 N–H and O–H groups in total. The Bertz CT molecular complexity index is 431. The number of hydrogen-bond acceptors (Lipinski definition) is 4. The van der Waals surface area contributed by atoms with Crippen LogP contribution in [0.4, 0.5) is 5.69 Å². The molecule has 1 atom stereocenters. The number of amides is 1. The summed E-state index contributed by atoms with van der Waals surface area (Å²) in [5, 5.41) is 6.19. The minimum absolute atomic E-state index is 0.0106. The molecule has 1 aliphatic heterocycles. The molecule has 1 unspecified atom stereocenters. The van der Waals surface area contributed by atoms with Crippen molar-refractivity contribution in [3.05, 3.63) is 29.8 Å². The van der Waals surface area contributed by atoms with Crippen LogP contribution < -0.4 is 10.6 Å². The molecule has 110 valence electrons. The van der Waals surface area contributed by atoms with Crippen LogP contribution in [0.5, 0.6) is 0 Å². The van der Waals surface area contributed by atoms with Gasteiger partial charge in [-0.2, -0.15) is 0 Å². The molecule has 1 heterocycles. The van der Waals surface area contributed by atoms with E-state index in [4.69, 9.17) is 9.47 Å². The second-order valence-corrected chi connectivity index (χ2v) is 4.85. The van der Waals surface area contributed by atoms with Crippen LogP contribution in [0.3, 0.4) is 0 Å². The molecule has 1 aromatic rings. The summed E-state index contributed by atoms with van der Waals surface area (Å²) in [6, 6.07) is 7.82. The molecule has 0 spiro atoms. The van der Waals surface area contributed by atoms with E-state index >= 15 is 0 Å². The first kappa shape index (κ1) is 15.0. The van der Waals surface area contributed by atoms with Crippen molar-refractivity contribution in [1.29, 1.82) is 0 Å². The van der Waals surface area contributed by atoms with Gasteiger partial charge in [0.25, 0.3) is 0 Å². The average Bonchev–Trinajstić information content (AvgIpc) is 2.47. The number of hydrogen-bond donors (Lipinski definition) is 2. The van der Waals surface area contributed by atoms with Crippen LogP contribution in [0.1, 0.15) is 12.0 Å². The quantitative estimate of drug-likeness (QED) is 0.820. The van der Waals surface area contributed by atoms with Crippen molar-refractivity contribution >= 4 is 11.6 Å². The van der Waals surface area contributed by atoms with Gasteiger partial charge in [0, 0.05) is 25.9 Å². The molecule has 1 aliphatic rings. The Labute approximate surface area is 119 Å². The molecule has 1 amide bonds. The summed E-state index contributed by atoms with van der Waals surface area (Å²) in [7, 11) is 1.68. The lowest BCUT2D eigenvalue weighted by atomic mass is 10.1. The normalized spacial score (nSPS) is 18.8. The number of morpholine rings is 1. The lowest BCUT2D eigenvalue weighted by Crippen LogP contribution is -2.40. The van der Waals surface area contributed by atoms with Crippen molar-refractivity contribution < 1.29 is 14.3 Å². The van der Waals surface area contributed by atoms with E-state index in [-0.39, 0.29) is 12.0 Å². The van der Waals surface area contributed by atoms with Crippen LogP contribution in [0.25, 0.3) is 0 Å². The van der Waals surface area contributed by atoms with Gasteiger partial charge < -0.3 is 20.1 Å². The maximum absolute atomic E-state index is 12.1. The van der Waals surface area contributed by atoms with Gasteiger partial charge in [0.05, 0.1) is 25.7 Å². The van der Waals surface area contributed by atoms with E-state index in [9.17, 15) is 4.79 Å². The second-order valence-electron chi connectivity index (χ2n) is 4.85. The van der Waals surface area contributed by atoms with Crippen molar-refractivity contribution in [3.8, 4) is 0 Å². The van der Waals surface area contributed by atoms with Gasteiger partial charge in [0.15, 0.2) is 0 Å². The number of carbonyl (C=O) groups is 1. The highest BCUT2D eigenvalue weighted by atomic mass is 16.5. The number of anilines is 1. The molecule has 5 nitrogen and oxygen atoms in total.